The van der Waals surface area contributed by atoms with Gasteiger partial charge in [-0.1, -0.05) is 42.0 Å². The van der Waals surface area contributed by atoms with Gasteiger partial charge in [-0.05, 0) is 62.3 Å². The molecule has 1 N–H and O–H groups in total. The van der Waals surface area contributed by atoms with Crippen molar-refractivity contribution in [3.05, 3.63) is 70.5 Å². The van der Waals surface area contributed by atoms with Crippen molar-refractivity contribution >= 4 is 11.8 Å². The minimum atomic E-state index is -0.233. The van der Waals surface area contributed by atoms with E-state index < -0.39 is 0 Å². The van der Waals surface area contributed by atoms with E-state index in [-0.39, 0.29) is 35.5 Å². The number of hydrogen-bond donors (Lipinski definition) is 1. The van der Waals surface area contributed by atoms with Crippen molar-refractivity contribution in [3.8, 4) is 0 Å². The molecule has 2 aromatic rings. The molecule has 0 aromatic heterocycles. The Hall–Kier alpha value is -2.69. The number of carbonyl (C=O) groups excluding carboxylic acids is 2. The van der Waals surface area contributed by atoms with Gasteiger partial charge in [0, 0.05) is 19.0 Å². The van der Waals surface area contributed by atoms with Crippen LogP contribution in [0.2, 0.25) is 0 Å². The minimum absolute atomic E-state index is 0.00107. The summed E-state index contributed by atoms with van der Waals surface area (Å²) in [5.41, 5.74) is 3.79. The van der Waals surface area contributed by atoms with E-state index in [0.717, 1.165) is 36.0 Å². The van der Waals surface area contributed by atoms with Crippen LogP contribution in [0.5, 0.6) is 0 Å². The van der Waals surface area contributed by atoms with Crippen LogP contribution in [-0.2, 0) is 16.1 Å². The summed E-state index contributed by atoms with van der Waals surface area (Å²) in [6, 6.07) is 13.1. The number of benzene rings is 2. The van der Waals surface area contributed by atoms with Gasteiger partial charge in [0.25, 0.3) is 0 Å². The van der Waals surface area contributed by atoms with Crippen molar-refractivity contribution in [2.24, 2.45) is 11.8 Å². The lowest BCUT2D eigenvalue weighted by Gasteiger charge is -2.40. The SMILES string of the molecule is Cc1cccc(CNC(=O)[C@H]2CC[C@H](c3ccc(F)c(C)c3)N(C(=O)C3CC3)C2)c1. The first-order chi connectivity index (χ1) is 14.4. The second-order valence-corrected chi connectivity index (χ2v) is 8.77. The van der Waals surface area contributed by atoms with Crippen molar-refractivity contribution in [1.82, 2.24) is 10.2 Å². The molecule has 2 aliphatic rings. The fourth-order valence-electron chi connectivity index (χ4n) is 4.37. The van der Waals surface area contributed by atoms with Gasteiger partial charge in [-0.2, -0.15) is 0 Å². The van der Waals surface area contributed by atoms with Crippen LogP contribution in [-0.4, -0.2) is 23.3 Å². The van der Waals surface area contributed by atoms with Crippen LogP contribution in [0.25, 0.3) is 0 Å². The first-order valence-corrected chi connectivity index (χ1v) is 10.8. The Morgan fingerprint density at radius 2 is 1.80 bits per heavy atom. The Bertz CT molecular complexity index is 954. The molecule has 30 heavy (non-hydrogen) atoms. The van der Waals surface area contributed by atoms with E-state index in [4.69, 9.17) is 0 Å². The molecule has 2 fully saturated rings. The number of aryl methyl sites for hydroxylation is 2. The van der Waals surface area contributed by atoms with Crippen molar-refractivity contribution in [3.63, 3.8) is 0 Å². The Morgan fingerprint density at radius 3 is 2.50 bits per heavy atom. The standard InChI is InChI=1S/C25H29FN2O2/c1-16-4-3-5-18(12-16)14-27-24(29)21-9-11-23(20-8-10-22(26)17(2)13-20)28(15-21)25(30)19-6-7-19/h3-5,8,10,12-13,19,21,23H,6-7,9,11,14-15H2,1-2H3,(H,27,29)/t21-,23+/m0/s1. The van der Waals surface area contributed by atoms with Gasteiger partial charge in [0.1, 0.15) is 5.82 Å². The molecule has 4 nitrogen and oxygen atoms in total. The number of rotatable bonds is 5. The lowest BCUT2D eigenvalue weighted by Crippen LogP contribution is -2.47. The highest BCUT2D eigenvalue weighted by Gasteiger charge is 2.41. The molecule has 1 saturated carbocycles. The number of hydrogen-bond acceptors (Lipinski definition) is 2. The molecule has 2 atom stereocenters. The molecule has 158 valence electrons. The maximum atomic E-state index is 13.7. The Kier molecular flexibility index (Phi) is 5.89. The zero-order valence-corrected chi connectivity index (χ0v) is 17.7. The summed E-state index contributed by atoms with van der Waals surface area (Å²) in [5.74, 6) is -0.224. The molecule has 5 heteroatoms. The van der Waals surface area contributed by atoms with E-state index in [9.17, 15) is 14.0 Å². The number of likely N-dealkylation sites (tertiary alicyclic amines) is 1. The maximum Gasteiger partial charge on any atom is 0.226 e. The summed E-state index contributed by atoms with van der Waals surface area (Å²) < 4.78 is 13.7. The van der Waals surface area contributed by atoms with Crippen molar-refractivity contribution < 1.29 is 14.0 Å². The van der Waals surface area contributed by atoms with Gasteiger partial charge in [-0.3, -0.25) is 9.59 Å². The number of carbonyl (C=O) groups is 2. The Balaban J connectivity index is 1.46. The molecule has 1 aliphatic heterocycles. The van der Waals surface area contributed by atoms with Crippen LogP contribution < -0.4 is 5.32 Å². The summed E-state index contributed by atoms with van der Waals surface area (Å²) >= 11 is 0. The Morgan fingerprint density at radius 1 is 1.03 bits per heavy atom. The first kappa shape index (κ1) is 20.6. The number of amides is 2. The average molecular weight is 409 g/mol. The molecule has 1 aliphatic carbocycles. The minimum Gasteiger partial charge on any atom is -0.352 e. The van der Waals surface area contributed by atoms with Crippen molar-refractivity contribution in [2.75, 3.05) is 6.54 Å². The number of piperidine rings is 1. The van der Waals surface area contributed by atoms with E-state index >= 15 is 0 Å². The number of halogens is 1. The summed E-state index contributed by atoms with van der Waals surface area (Å²) in [7, 11) is 0. The van der Waals surface area contributed by atoms with Crippen molar-refractivity contribution in [2.45, 2.75) is 52.1 Å². The third-order valence-corrected chi connectivity index (χ3v) is 6.28. The third-order valence-electron chi connectivity index (χ3n) is 6.28. The number of nitrogens with zero attached hydrogens (tertiary/aromatic N) is 1. The summed E-state index contributed by atoms with van der Waals surface area (Å²) in [4.78, 5) is 27.7. The van der Waals surface area contributed by atoms with Crippen LogP contribution >= 0.6 is 0 Å². The fraction of sp³-hybridized carbons (Fsp3) is 0.440. The monoisotopic (exact) mass is 408 g/mol. The lowest BCUT2D eigenvalue weighted by atomic mass is 9.87. The number of nitrogens with one attached hydrogen (secondary N) is 1. The smallest absolute Gasteiger partial charge is 0.226 e. The zero-order chi connectivity index (χ0) is 21.3. The largest absolute Gasteiger partial charge is 0.352 e. The van der Waals surface area contributed by atoms with Gasteiger partial charge in [0.2, 0.25) is 11.8 Å². The van der Waals surface area contributed by atoms with E-state index in [1.165, 1.54) is 6.07 Å². The quantitative estimate of drug-likeness (QED) is 0.795. The predicted octanol–water partition coefficient (Wildman–Crippen LogP) is 4.45. The average Bonchev–Trinajstić information content (AvgIpc) is 3.58. The molecular formula is C25H29FN2O2. The van der Waals surface area contributed by atoms with E-state index in [0.29, 0.717) is 25.1 Å². The first-order valence-electron chi connectivity index (χ1n) is 10.8. The van der Waals surface area contributed by atoms with Gasteiger partial charge >= 0.3 is 0 Å². The van der Waals surface area contributed by atoms with Gasteiger partial charge in [0.05, 0.1) is 12.0 Å². The van der Waals surface area contributed by atoms with E-state index in [1.807, 2.05) is 36.1 Å². The van der Waals surface area contributed by atoms with Crippen LogP contribution in [0.4, 0.5) is 4.39 Å². The summed E-state index contributed by atoms with van der Waals surface area (Å²) in [6.45, 7) is 4.70. The molecule has 4 rings (SSSR count). The summed E-state index contributed by atoms with van der Waals surface area (Å²) in [6.07, 6.45) is 3.28. The third kappa shape index (κ3) is 4.55. The van der Waals surface area contributed by atoms with Crippen LogP contribution in [0, 0.1) is 31.5 Å². The van der Waals surface area contributed by atoms with Gasteiger partial charge < -0.3 is 10.2 Å². The molecule has 2 aromatic carbocycles. The highest BCUT2D eigenvalue weighted by Crippen LogP contribution is 2.39. The van der Waals surface area contributed by atoms with E-state index in [2.05, 4.69) is 11.4 Å². The van der Waals surface area contributed by atoms with Gasteiger partial charge in [-0.15, -0.1) is 0 Å². The highest BCUT2D eigenvalue weighted by molar-refractivity contribution is 5.84. The second kappa shape index (κ2) is 8.58. The van der Waals surface area contributed by atoms with Crippen LogP contribution in [0.3, 0.4) is 0 Å². The molecule has 1 heterocycles. The molecule has 0 spiro atoms. The topological polar surface area (TPSA) is 49.4 Å². The molecule has 0 unspecified atom stereocenters. The highest BCUT2D eigenvalue weighted by atomic mass is 19.1. The molecular weight excluding hydrogens is 379 g/mol. The summed E-state index contributed by atoms with van der Waals surface area (Å²) in [5, 5.41) is 3.04. The molecule has 2 amide bonds. The van der Waals surface area contributed by atoms with E-state index in [1.54, 1.807) is 13.0 Å². The normalized spacial score (nSPS) is 21.4. The fourth-order valence-corrected chi connectivity index (χ4v) is 4.37. The molecule has 0 bridgehead atoms. The molecule has 0 radical (unpaired) electrons. The zero-order valence-electron chi connectivity index (χ0n) is 17.7. The lowest BCUT2D eigenvalue weighted by molar-refractivity contribution is -0.140. The van der Waals surface area contributed by atoms with Gasteiger partial charge in [0.15, 0.2) is 0 Å². The predicted molar refractivity (Wildman–Crippen MR) is 114 cm³/mol. The van der Waals surface area contributed by atoms with Gasteiger partial charge in [-0.25, -0.2) is 4.39 Å². The van der Waals surface area contributed by atoms with Crippen molar-refractivity contribution in [1.29, 1.82) is 0 Å². The maximum absolute atomic E-state index is 13.7. The molecule has 1 saturated heterocycles. The van der Waals surface area contributed by atoms with Crippen LogP contribution in [0.1, 0.15) is 54.0 Å². The van der Waals surface area contributed by atoms with Crippen LogP contribution in [0.15, 0.2) is 42.5 Å². The second-order valence-electron chi connectivity index (χ2n) is 8.77. The Labute approximate surface area is 177 Å².